The number of anilines is 1. The molecule has 2 heterocycles. The Bertz CT molecular complexity index is 806. The number of benzene rings is 1. The number of halogens is 1. The van der Waals surface area contributed by atoms with Gasteiger partial charge in [0.2, 0.25) is 0 Å². The summed E-state index contributed by atoms with van der Waals surface area (Å²) in [4.78, 5) is 15.8. The Hall–Kier alpha value is -2.70. The maximum Gasteiger partial charge on any atom is 0.349 e. The molecule has 0 fully saturated rings. The number of rotatable bonds is 3. The third-order valence-electron chi connectivity index (χ3n) is 2.96. The molecule has 6 nitrogen and oxygen atoms in total. The Labute approximate surface area is 113 Å². The summed E-state index contributed by atoms with van der Waals surface area (Å²) in [7, 11) is 0. The zero-order valence-corrected chi connectivity index (χ0v) is 10.7. The maximum absolute atomic E-state index is 12.8. The van der Waals surface area contributed by atoms with Crippen molar-refractivity contribution >= 4 is 11.5 Å². The summed E-state index contributed by atoms with van der Waals surface area (Å²) >= 11 is 0. The molecule has 0 radical (unpaired) electrons. The Morgan fingerprint density at radius 2 is 2.10 bits per heavy atom. The van der Waals surface area contributed by atoms with E-state index in [9.17, 15) is 9.18 Å². The molecule has 3 rings (SSSR count). The van der Waals surface area contributed by atoms with Crippen LogP contribution in [0.3, 0.4) is 0 Å². The van der Waals surface area contributed by atoms with E-state index < -0.39 is 0 Å². The molecule has 0 saturated heterocycles. The molecule has 1 aromatic carbocycles. The van der Waals surface area contributed by atoms with Gasteiger partial charge in [-0.2, -0.15) is 5.10 Å². The summed E-state index contributed by atoms with van der Waals surface area (Å²) in [5.74, 6) is 0.890. The van der Waals surface area contributed by atoms with Crippen molar-refractivity contribution in [3.05, 3.63) is 58.0 Å². The zero-order chi connectivity index (χ0) is 14.1. The van der Waals surface area contributed by atoms with Crippen LogP contribution in [0.1, 0.15) is 11.4 Å². The fourth-order valence-electron chi connectivity index (χ4n) is 1.98. The van der Waals surface area contributed by atoms with Crippen LogP contribution in [0.15, 0.2) is 35.1 Å². The first-order chi connectivity index (χ1) is 9.63. The van der Waals surface area contributed by atoms with E-state index >= 15 is 0 Å². The molecule has 0 aliphatic carbocycles. The van der Waals surface area contributed by atoms with Crippen LogP contribution in [0.25, 0.3) is 5.65 Å². The van der Waals surface area contributed by atoms with Crippen LogP contribution >= 0.6 is 0 Å². The van der Waals surface area contributed by atoms with Crippen LogP contribution in [0.2, 0.25) is 0 Å². The summed E-state index contributed by atoms with van der Waals surface area (Å²) in [6.45, 7) is 2.24. The Morgan fingerprint density at radius 1 is 1.35 bits per heavy atom. The highest BCUT2D eigenvalue weighted by molar-refractivity contribution is 5.49. The number of hydrogen-bond donors (Lipinski definition) is 2. The van der Waals surface area contributed by atoms with Gasteiger partial charge in [0.25, 0.3) is 0 Å². The van der Waals surface area contributed by atoms with E-state index in [1.807, 2.05) is 0 Å². The predicted molar refractivity (Wildman–Crippen MR) is 72.1 cm³/mol. The van der Waals surface area contributed by atoms with Crippen molar-refractivity contribution < 1.29 is 4.39 Å². The lowest BCUT2D eigenvalue weighted by atomic mass is 10.2. The van der Waals surface area contributed by atoms with Crippen molar-refractivity contribution in [3.8, 4) is 0 Å². The highest BCUT2D eigenvalue weighted by Gasteiger charge is 2.06. The van der Waals surface area contributed by atoms with Crippen molar-refractivity contribution in [3.63, 3.8) is 0 Å². The summed E-state index contributed by atoms with van der Waals surface area (Å²) in [6.07, 6.45) is 0. The number of H-pyrrole nitrogens is 1. The Balaban J connectivity index is 1.84. The molecule has 2 aromatic heterocycles. The second-order valence-electron chi connectivity index (χ2n) is 4.39. The lowest BCUT2D eigenvalue weighted by molar-refractivity contribution is 0.627. The van der Waals surface area contributed by atoms with Crippen LogP contribution in [0.5, 0.6) is 0 Å². The van der Waals surface area contributed by atoms with Crippen LogP contribution in [-0.2, 0) is 6.54 Å². The lowest BCUT2D eigenvalue weighted by Crippen LogP contribution is -2.14. The molecular weight excluding hydrogens is 261 g/mol. The van der Waals surface area contributed by atoms with Crippen LogP contribution in [-0.4, -0.2) is 19.6 Å². The molecule has 0 bridgehead atoms. The first-order valence-electron chi connectivity index (χ1n) is 6.06. The quantitative estimate of drug-likeness (QED) is 0.758. The molecule has 0 unspecified atom stereocenters. The molecule has 0 saturated carbocycles. The topological polar surface area (TPSA) is 75.1 Å². The second kappa shape index (κ2) is 4.76. The van der Waals surface area contributed by atoms with Gasteiger partial charge in [-0.15, -0.1) is 0 Å². The van der Waals surface area contributed by atoms with Crippen molar-refractivity contribution in [1.29, 1.82) is 0 Å². The summed E-state index contributed by atoms with van der Waals surface area (Å²) in [6, 6.07) is 7.90. The van der Waals surface area contributed by atoms with Crippen molar-refractivity contribution in [1.82, 2.24) is 19.6 Å². The summed E-state index contributed by atoms with van der Waals surface area (Å²) in [5, 5.41) is 9.39. The highest BCUT2D eigenvalue weighted by Crippen LogP contribution is 2.10. The fourth-order valence-corrected chi connectivity index (χ4v) is 1.98. The van der Waals surface area contributed by atoms with Crippen molar-refractivity contribution in [2.24, 2.45) is 0 Å². The molecule has 0 atom stereocenters. The average Bonchev–Trinajstić information content (AvgIpc) is 2.80. The molecule has 0 aliphatic heterocycles. The average molecular weight is 273 g/mol. The number of nitrogens with one attached hydrogen (secondary N) is 2. The number of fused-ring (bicyclic) bond motifs is 1. The highest BCUT2D eigenvalue weighted by atomic mass is 19.1. The van der Waals surface area contributed by atoms with Crippen molar-refractivity contribution in [2.75, 3.05) is 5.32 Å². The minimum absolute atomic E-state index is 0.264. The van der Waals surface area contributed by atoms with E-state index in [0.29, 0.717) is 23.8 Å². The van der Waals surface area contributed by atoms with Gasteiger partial charge in [0.1, 0.15) is 17.5 Å². The second-order valence-corrected chi connectivity index (χ2v) is 4.39. The molecule has 0 spiro atoms. The van der Waals surface area contributed by atoms with E-state index in [2.05, 4.69) is 20.5 Å². The number of hydrogen-bond acceptors (Lipinski definition) is 4. The van der Waals surface area contributed by atoms with Gasteiger partial charge < -0.3 is 5.32 Å². The van der Waals surface area contributed by atoms with Crippen LogP contribution in [0.4, 0.5) is 10.2 Å². The standard InChI is InChI=1S/C13H12FN5O/c1-8-16-11(6-12-17-18-13(20)19(8)12)15-7-9-2-4-10(14)5-3-9/h2-6,15H,7H2,1H3,(H,18,20). The number of aromatic nitrogens is 4. The van der Waals surface area contributed by atoms with Gasteiger partial charge >= 0.3 is 5.69 Å². The zero-order valence-electron chi connectivity index (χ0n) is 10.7. The van der Waals surface area contributed by atoms with Gasteiger partial charge in [-0.05, 0) is 24.6 Å². The fraction of sp³-hybridized carbons (Fsp3) is 0.154. The molecule has 2 N–H and O–H groups in total. The molecule has 3 aromatic rings. The van der Waals surface area contributed by atoms with Crippen LogP contribution in [0, 0.1) is 12.7 Å². The normalized spacial score (nSPS) is 10.9. The van der Waals surface area contributed by atoms with Gasteiger partial charge in [0.05, 0.1) is 0 Å². The SMILES string of the molecule is Cc1nc(NCc2ccc(F)cc2)cc2n[nH]c(=O)n12. The minimum Gasteiger partial charge on any atom is -0.366 e. The molecule has 20 heavy (non-hydrogen) atoms. The summed E-state index contributed by atoms with van der Waals surface area (Å²) in [5.41, 5.74) is 1.13. The van der Waals surface area contributed by atoms with Crippen LogP contribution < -0.4 is 11.0 Å². The van der Waals surface area contributed by atoms with Gasteiger partial charge in [-0.1, -0.05) is 12.1 Å². The maximum atomic E-state index is 12.8. The van der Waals surface area contributed by atoms with Gasteiger partial charge in [-0.25, -0.2) is 23.7 Å². The van der Waals surface area contributed by atoms with Gasteiger partial charge in [0.15, 0.2) is 5.65 Å². The van der Waals surface area contributed by atoms with Gasteiger partial charge in [0, 0.05) is 12.6 Å². The van der Waals surface area contributed by atoms with E-state index in [-0.39, 0.29) is 11.5 Å². The van der Waals surface area contributed by atoms with E-state index in [1.54, 1.807) is 25.1 Å². The molecule has 102 valence electrons. The number of aryl methyl sites for hydroxylation is 1. The van der Waals surface area contributed by atoms with E-state index in [0.717, 1.165) is 5.56 Å². The Morgan fingerprint density at radius 3 is 2.85 bits per heavy atom. The van der Waals surface area contributed by atoms with Gasteiger partial charge in [-0.3, -0.25) is 0 Å². The third-order valence-corrected chi connectivity index (χ3v) is 2.96. The number of aromatic amines is 1. The number of nitrogens with zero attached hydrogens (tertiary/aromatic N) is 3. The smallest absolute Gasteiger partial charge is 0.349 e. The third kappa shape index (κ3) is 2.25. The molecular formula is C13H12FN5O. The van der Waals surface area contributed by atoms with E-state index in [1.165, 1.54) is 16.5 Å². The van der Waals surface area contributed by atoms with E-state index in [4.69, 9.17) is 0 Å². The first kappa shape index (κ1) is 12.3. The predicted octanol–water partition coefficient (Wildman–Crippen LogP) is 1.48. The molecule has 0 amide bonds. The van der Waals surface area contributed by atoms with Crippen molar-refractivity contribution in [2.45, 2.75) is 13.5 Å². The summed E-state index contributed by atoms with van der Waals surface area (Å²) < 4.78 is 14.2. The molecule has 0 aliphatic rings. The minimum atomic E-state index is -0.310. The molecule has 7 heteroatoms. The largest absolute Gasteiger partial charge is 0.366 e. The monoisotopic (exact) mass is 273 g/mol. The lowest BCUT2D eigenvalue weighted by Gasteiger charge is -2.07. The Kier molecular flexibility index (Phi) is 2.94. The first-order valence-corrected chi connectivity index (χ1v) is 6.06.